The van der Waals surface area contributed by atoms with E-state index in [1.807, 2.05) is 59.5 Å². The molecular formula is C18H19NO2. The van der Waals surface area contributed by atoms with Crippen molar-refractivity contribution in [3.05, 3.63) is 65.7 Å². The second kappa shape index (κ2) is 6.44. The predicted octanol–water partition coefficient (Wildman–Crippen LogP) is 3.50. The highest BCUT2D eigenvalue weighted by Crippen LogP contribution is 2.18. The van der Waals surface area contributed by atoms with Crippen LogP contribution in [0.2, 0.25) is 0 Å². The molecule has 2 aromatic rings. The highest BCUT2D eigenvalue weighted by molar-refractivity contribution is 5.94. The molecule has 3 rings (SSSR count). The molecule has 1 heterocycles. The van der Waals surface area contributed by atoms with E-state index in [1.165, 1.54) is 0 Å². The van der Waals surface area contributed by atoms with Crippen LogP contribution in [0.3, 0.4) is 0 Å². The van der Waals surface area contributed by atoms with Crippen molar-refractivity contribution in [3.63, 3.8) is 0 Å². The van der Waals surface area contributed by atoms with Gasteiger partial charge in [0, 0.05) is 18.7 Å². The van der Waals surface area contributed by atoms with Crippen LogP contribution in [-0.2, 0) is 6.61 Å². The summed E-state index contributed by atoms with van der Waals surface area (Å²) in [4.78, 5) is 14.3. The van der Waals surface area contributed by atoms with Crippen molar-refractivity contribution < 1.29 is 9.53 Å². The van der Waals surface area contributed by atoms with Crippen LogP contribution in [0.25, 0.3) is 0 Å². The number of nitrogens with zero attached hydrogens (tertiary/aromatic N) is 1. The van der Waals surface area contributed by atoms with Gasteiger partial charge in [-0.3, -0.25) is 4.79 Å². The summed E-state index contributed by atoms with van der Waals surface area (Å²) in [5.74, 6) is 0.849. The topological polar surface area (TPSA) is 29.5 Å². The zero-order valence-electron chi connectivity index (χ0n) is 12.0. The molecule has 21 heavy (non-hydrogen) atoms. The molecule has 0 spiro atoms. The summed E-state index contributed by atoms with van der Waals surface area (Å²) in [5.41, 5.74) is 1.83. The Hall–Kier alpha value is -2.29. The molecule has 0 saturated carbocycles. The van der Waals surface area contributed by atoms with Crippen molar-refractivity contribution in [2.75, 3.05) is 13.1 Å². The number of hydrogen-bond acceptors (Lipinski definition) is 2. The molecule has 1 aliphatic heterocycles. The largest absolute Gasteiger partial charge is 0.489 e. The maximum absolute atomic E-state index is 12.3. The Bertz CT molecular complexity index is 604. The minimum atomic E-state index is 0.109. The van der Waals surface area contributed by atoms with Crippen LogP contribution in [0.5, 0.6) is 5.75 Å². The van der Waals surface area contributed by atoms with E-state index < -0.39 is 0 Å². The molecule has 1 fully saturated rings. The Morgan fingerprint density at radius 1 is 1.00 bits per heavy atom. The summed E-state index contributed by atoms with van der Waals surface area (Å²) >= 11 is 0. The monoisotopic (exact) mass is 281 g/mol. The third-order valence-corrected chi connectivity index (χ3v) is 3.72. The van der Waals surface area contributed by atoms with Gasteiger partial charge in [0.25, 0.3) is 5.91 Å². The zero-order valence-corrected chi connectivity index (χ0v) is 12.0. The lowest BCUT2D eigenvalue weighted by Crippen LogP contribution is -2.27. The zero-order chi connectivity index (χ0) is 14.5. The normalized spacial score (nSPS) is 14.2. The molecule has 3 heteroatoms. The molecule has 0 radical (unpaired) electrons. The number of likely N-dealkylation sites (tertiary alicyclic amines) is 1. The molecule has 1 saturated heterocycles. The summed E-state index contributed by atoms with van der Waals surface area (Å²) in [6.45, 7) is 2.25. The first kappa shape index (κ1) is 13.7. The van der Waals surface area contributed by atoms with E-state index in [4.69, 9.17) is 4.74 Å². The molecule has 0 atom stereocenters. The standard InChI is InChI=1S/C18H19NO2/c20-18(19-11-4-5-12-19)16-9-6-10-17(13-16)21-14-15-7-2-1-3-8-15/h1-3,6-10,13H,4-5,11-12,14H2. The maximum atomic E-state index is 12.3. The lowest BCUT2D eigenvalue weighted by Gasteiger charge is -2.15. The first-order valence-electron chi connectivity index (χ1n) is 7.39. The first-order valence-corrected chi connectivity index (χ1v) is 7.39. The van der Waals surface area contributed by atoms with Gasteiger partial charge < -0.3 is 9.64 Å². The molecule has 0 unspecified atom stereocenters. The Morgan fingerprint density at radius 3 is 2.52 bits per heavy atom. The number of carbonyl (C=O) groups is 1. The summed E-state index contributed by atoms with van der Waals surface area (Å²) in [6, 6.07) is 17.5. The quantitative estimate of drug-likeness (QED) is 0.858. The van der Waals surface area contributed by atoms with Gasteiger partial charge in [0.1, 0.15) is 12.4 Å². The van der Waals surface area contributed by atoms with E-state index in [0.717, 1.165) is 37.2 Å². The third kappa shape index (κ3) is 3.43. The van der Waals surface area contributed by atoms with Gasteiger partial charge in [0.15, 0.2) is 0 Å². The van der Waals surface area contributed by atoms with Crippen LogP contribution in [0.4, 0.5) is 0 Å². The molecule has 0 aromatic heterocycles. The highest BCUT2D eigenvalue weighted by Gasteiger charge is 2.19. The molecule has 1 aliphatic rings. The number of ether oxygens (including phenoxy) is 1. The summed E-state index contributed by atoms with van der Waals surface area (Å²) in [6.07, 6.45) is 2.21. The van der Waals surface area contributed by atoms with E-state index in [2.05, 4.69) is 0 Å². The third-order valence-electron chi connectivity index (χ3n) is 3.72. The number of amides is 1. The van der Waals surface area contributed by atoms with Gasteiger partial charge in [-0.15, -0.1) is 0 Å². The minimum absolute atomic E-state index is 0.109. The fourth-order valence-electron chi connectivity index (χ4n) is 2.56. The van der Waals surface area contributed by atoms with Gasteiger partial charge in [-0.1, -0.05) is 36.4 Å². The fraction of sp³-hybridized carbons (Fsp3) is 0.278. The molecule has 3 nitrogen and oxygen atoms in total. The smallest absolute Gasteiger partial charge is 0.253 e. The van der Waals surface area contributed by atoms with Crippen molar-refractivity contribution in [2.45, 2.75) is 19.4 Å². The van der Waals surface area contributed by atoms with Crippen LogP contribution < -0.4 is 4.74 Å². The number of benzene rings is 2. The van der Waals surface area contributed by atoms with Crippen molar-refractivity contribution in [1.29, 1.82) is 0 Å². The van der Waals surface area contributed by atoms with Crippen LogP contribution >= 0.6 is 0 Å². The van der Waals surface area contributed by atoms with Gasteiger partial charge >= 0.3 is 0 Å². The lowest BCUT2D eigenvalue weighted by atomic mass is 10.2. The van der Waals surface area contributed by atoms with E-state index in [0.29, 0.717) is 12.2 Å². The van der Waals surface area contributed by atoms with Gasteiger partial charge in [-0.05, 0) is 36.6 Å². The van der Waals surface area contributed by atoms with Crippen LogP contribution in [0, 0.1) is 0 Å². The molecule has 0 bridgehead atoms. The predicted molar refractivity (Wildman–Crippen MR) is 82.4 cm³/mol. The van der Waals surface area contributed by atoms with Crippen molar-refractivity contribution in [3.8, 4) is 5.75 Å². The lowest BCUT2D eigenvalue weighted by molar-refractivity contribution is 0.0792. The molecule has 0 N–H and O–H groups in total. The average molecular weight is 281 g/mol. The van der Waals surface area contributed by atoms with Crippen LogP contribution in [-0.4, -0.2) is 23.9 Å². The molecular weight excluding hydrogens is 262 g/mol. The van der Waals surface area contributed by atoms with Gasteiger partial charge in [0.2, 0.25) is 0 Å². The van der Waals surface area contributed by atoms with E-state index in [1.54, 1.807) is 0 Å². The Labute approximate surface area is 125 Å². The summed E-state index contributed by atoms with van der Waals surface area (Å²) < 4.78 is 5.77. The summed E-state index contributed by atoms with van der Waals surface area (Å²) in [5, 5.41) is 0. The second-order valence-electron chi connectivity index (χ2n) is 5.30. The van der Waals surface area contributed by atoms with Crippen molar-refractivity contribution in [2.24, 2.45) is 0 Å². The van der Waals surface area contributed by atoms with Gasteiger partial charge in [0.05, 0.1) is 0 Å². The summed E-state index contributed by atoms with van der Waals surface area (Å²) in [7, 11) is 0. The minimum Gasteiger partial charge on any atom is -0.489 e. The SMILES string of the molecule is O=C(c1cccc(OCc2ccccc2)c1)N1CCCC1. The van der Waals surface area contributed by atoms with E-state index in [-0.39, 0.29) is 5.91 Å². The van der Waals surface area contributed by atoms with Crippen LogP contribution in [0.15, 0.2) is 54.6 Å². The van der Waals surface area contributed by atoms with Crippen molar-refractivity contribution in [1.82, 2.24) is 4.90 Å². The Balaban J connectivity index is 1.66. The average Bonchev–Trinajstić information content (AvgIpc) is 3.08. The van der Waals surface area contributed by atoms with Gasteiger partial charge in [-0.25, -0.2) is 0 Å². The molecule has 1 amide bonds. The van der Waals surface area contributed by atoms with Crippen molar-refractivity contribution >= 4 is 5.91 Å². The molecule has 2 aromatic carbocycles. The Kier molecular flexibility index (Phi) is 4.20. The number of rotatable bonds is 4. The van der Waals surface area contributed by atoms with E-state index >= 15 is 0 Å². The fourth-order valence-corrected chi connectivity index (χ4v) is 2.56. The first-order chi connectivity index (χ1) is 10.3. The maximum Gasteiger partial charge on any atom is 0.253 e. The Morgan fingerprint density at radius 2 is 1.76 bits per heavy atom. The highest BCUT2D eigenvalue weighted by atomic mass is 16.5. The second-order valence-corrected chi connectivity index (χ2v) is 5.30. The number of hydrogen-bond donors (Lipinski definition) is 0. The van der Waals surface area contributed by atoms with Gasteiger partial charge in [-0.2, -0.15) is 0 Å². The number of carbonyl (C=O) groups excluding carboxylic acids is 1. The molecule has 0 aliphatic carbocycles. The van der Waals surface area contributed by atoms with E-state index in [9.17, 15) is 4.79 Å². The molecule has 108 valence electrons. The van der Waals surface area contributed by atoms with Crippen LogP contribution in [0.1, 0.15) is 28.8 Å².